The van der Waals surface area contributed by atoms with Gasteiger partial charge < -0.3 is 10.4 Å². The molecule has 5 heteroatoms. The third kappa shape index (κ3) is 3.66. The molecule has 98 valence electrons. The molecule has 1 aromatic carbocycles. The second kappa shape index (κ2) is 6.15. The summed E-state index contributed by atoms with van der Waals surface area (Å²) in [4.78, 5) is 22.6. The molecule has 0 aliphatic heterocycles. The van der Waals surface area contributed by atoms with Gasteiger partial charge in [0.2, 0.25) is 0 Å². The maximum absolute atomic E-state index is 11.9. The fraction of sp³-hybridized carbons (Fsp3) is 0.143. The summed E-state index contributed by atoms with van der Waals surface area (Å²) in [7, 11) is 0. The number of para-hydroxylation sites is 1. The summed E-state index contributed by atoms with van der Waals surface area (Å²) >= 11 is 1.46. The van der Waals surface area contributed by atoms with Crippen molar-refractivity contribution in [2.24, 2.45) is 0 Å². The Labute approximate surface area is 114 Å². The highest BCUT2D eigenvalue weighted by atomic mass is 32.1. The van der Waals surface area contributed by atoms with Gasteiger partial charge in [-0.2, -0.15) is 11.3 Å². The number of anilines is 1. The van der Waals surface area contributed by atoms with Crippen LogP contribution in [-0.2, 0) is 11.2 Å². The Morgan fingerprint density at radius 3 is 2.68 bits per heavy atom. The minimum atomic E-state index is -0.848. The average Bonchev–Trinajstić information content (AvgIpc) is 2.91. The van der Waals surface area contributed by atoms with Crippen LogP contribution in [0, 0.1) is 0 Å². The molecule has 1 aromatic heterocycles. The summed E-state index contributed by atoms with van der Waals surface area (Å²) in [6.45, 7) is 0. The van der Waals surface area contributed by atoms with E-state index < -0.39 is 5.97 Å². The quantitative estimate of drug-likeness (QED) is 0.881. The lowest BCUT2D eigenvalue weighted by molar-refractivity contribution is -0.136. The fourth-order valence-corrected chi connectivity index (χ4v) is 2.33. The molecule has 0 saturated heterocycles. The summed E-state index contributed by atoms with van der Waals surface area (Å²) in [5.74, 6) is -1.03. The number of carboxylic acid groups (broad SMARTS) is 1. The Morgan fingerprint density at radius 1 is 1.21 bits per heavy atom. The normalized spacial score (nSPS) is 10.1. The van der Waals surface area contributed by atoms with E-state index in [2.05, 4.69) is 5.32 Å². The molecule has 1 amide bonds. The number of aliphatic carboxylic acids is 1. The standard InChI is InChI=1S/C14H13NO3S/c16-13(17)6-5-10-3-1-2-4-12(10)15-14(18)11-7-8-19-9-11/h1-4,7-9H,5-6H2,(H,15,18)(H,16,17). The van der Waals surface area contributed by atoms with E-state index in [-0.39, 0.29) is 12.3 Å². The second-order valence-corrected chi connectivity index (χ2v) is 4.80. The Morgan fingerprint density at radius 2 is 2.00 bits per heavy atom. The monoisotopic (exact) mass is 275 g/mol. The molecule has 0 unspecified atom stereocenters. The Kier molecular flexibility index (Phi) is 4.30. The van der Waals surface area contributed by atoms with Crippen molar-refractivity contribution in [3.8, 4) is 0 Å². The van der Waals surface area contributed by atoms with Gasteiger partial charge in [-0.15, -0.1) is 0 Å². The third-order valence-corrected chi connectivity index (χ3v) is 3.34. The van der Waals surface area contributed by atoms with E-state index in [1.165, 1.54) is 11.3 Å². The van der Waals surface area contributed by atoms with Gasteiger partial charge in [0, 0.05) is 17.5 Å². The van der Waals surface area contributed by atoms with E-state index in [0.717, 1.165) is 5.56 Å². The topological polar surface area (TPSA) is 66.4 Å². The number of nitrogens with one attached hydrogen (secondary N) is 1. The minimum absolute atomic E-state index is 0.0470. The van der Waals surface area contributed by atoms with Crippen LogP contribution in [0.3, 0.4) is 0 Å². The van der Waals surface area contributed by atoms with Gasteiger partial charge in [-0.25, -0.2) is 0 Å². The number of hydrogen-bond acceptors (Lipinski definition) is 3. The molecular weight excluding hydrogens is 262 g/mol. The molecular formula is C14H13NO3S. The number of thiophene rings is 1. The molecule has 0 aliphatic carbocycles. The van der Waals surface area contributed by atoms with Crippen LogP contribution < -0.4 is 5.32 Å². The fourth-order valence-electron chi connectivity index (χ4n) is 1.69. The molecule has 0 atom stereocenters. The van der Waals surface area contributed by atoms with Crippen molar-refractivity contribution in [3.63, 3.8) is 0 Å². The SMILES string of the molecule is O=C(O)CCc1ccccc1NC(=O)c1ccsc1. The lowest BCUT2D eigenvalue weighted by atomic mass is 10.1. The van der Waals surface area contributed by atoms with E-state index in [1.807, 2.05) is 23.6 Å². The summed E-state index contributed by atoms with van der Waals surface area (Å²) < 4.78 is 0. The highest BCUT2D eigenvalue weighted by molar-refractivity contribution is 7.08. The van der Waals surface area contributed by atoms with Gasteiger partial charge in [0.05, 0.1) is 5.56 Å². The Hall–Kier alpha value is -2.14. The predicted octanol–water partition coefficient (Wildman–Crippen LogP) is 3.02. The zero-order valence-electron chi connectivity index (χ0n) is 10.1. The first-order valence-corrected chi connectivity index (χ1v) is 6.74. The van der Waals surface area contributed by atoms with Crippen LogP contribution >= 0.6 is 11.3 Å². The number of rotatable bonds is 5. The number of benzene rings is 1. The second-order valence-electron chi connectivity index (χ2n) is 4.02. The lowest BCUT2D eigenvalue weighted by Crippen LogP contribution is -2.12. The van der Waals surface area contributed by atoms with Crippen molar-refractivity contribution >= 4 is 28.9 Å². The van der Waals surface area contributed by atoms with Gasteiger partial charge in [-0.1, -0.05) is 18.2 Å². The van der Waals surface area contributed by atoms with E-state index >= 15 is 0 Å². The van der Waals surface area contributed by atoms with Gasteiger partial charge in [-0.05, 0) is 29.5 Å². The van der Waals surface area contributed by atoms with Crippen LogP contribution in [0.15, 0.2) is 41.1 Å². The van der Waals surface area contributed by atoms with Crippen LogP contribution in [0.4, 0.5) is 5.69 Å². The first-order valence-electron chi connectivity index (χ1n) is 5.80. The summed E-state index contributed by atoms with van der Waals surface area (Å²) in [6.07, 6.45) is 0.445. The van der Waals surface area contributed by atoms with E-state index in [1.54, 1.807) is 17.5 Å². The van der Waals surface area contributed by atoms with Gasteiger partial charge in [-0.3, -0.25) is 9.59 Å². The van der Waals surface area contributed by atoms with Gasteiger partial charge in [0.1, 0.15) is 0 Å². The maximum atomic E-state index is 11.9. The molecule has 0 radical (unpaired) electrons. The van der Waals surface area contributed by atoms with Crippen LogP contribution in [0.2, 0.25) is 0 Å². The van der Waals surface area contributed by atoms with Gasteiger partial charge in [0.25, 0.3) is 5.91 Å². The summed E-state index contributed by atoms with van der Waals surface area (Å²) in [6, 6.07) is 9.00. The number of carbonyl (C=O) groups is 2. The summed E-state index contributed by atoms with van der Waals surface area (Å²) in [5.41, 5.74) is 2.10. The molecule has 1 heterocycles. The molecule has 19 heavy (non-hydrogen) atoms. The largest absolute Gasteiger partial charge is 0.481 e. The lowest BCUT2D eigenvalue weighted by Gasteiger charge is -2.09. The number of amides is 1. The molecule has 2 aromatic rings. The van der Waals surface area contributed by atoms with Crippen molar-refractivity contribution in [2.75, 3.05) is 5.32 Å². The van der Waals surface area contributed by atoms with Crippen molar-refractivity contribution in [1.29, 1.82) is 0 Å². The Bertz CT molecular complexity index is 578. The molecule has 2 rings (SSSR count). The number of carbonyl (C=O) groups excluding carboxylic acids is 1. The minimum Gasteiger partial charge on any atom is -0.481 e. The number of carboxylic acids is 1. The zero-order chi connectivity index (χ0) is 13.7. The smallest absolute Gasteiger partial charge is 0.303 e. The molecule has 0 bridgehead atoms. The molecule has 0 aliphatic rings. The van der Waals surface area contributed by atoms with E-state index in [9.17, 15) is 9.59 Å². The molecule has 0 fully saturated rings. The van der Waals surface area contributed by atoms with Crippen LogP contribution in [0.1, 0.15) is 22.3 Å². The number of aryl methyl sites for hydroxylation is 1. The maximum Gasteiger partial charge on any atom is 0.303 e. The first kappa shape index (κ1) is 13.3. The van der Waals surface area contributed by atoms with Crippen molar-refractivity contribution in [2.45, 2.75) is 12.8 Å². The van der Waals surface area contributed by atoms with Gasteiger partial charge >= 0.3 is 5.97 Å². The van der Waals surface area contributed by atoms with Crippen molar-refractivity contribution in [3.05, 3.63) is 52.2 Å². The van der Waals surface area contributed by atoms with Crippen molar-refractivity contribution < 1.29 is 14.7 Å². The highest BCUT2D eigenvalue weighted by Gasteiger charge is 2.09. The molecule has 0 saturated carbocycles. The van der Waals surface area contributed by atoms with E-state index in [0.29, 0.717) is 17.7 Å². The molecule has 0 spiro atoms. The zero-order valence-corrected chi connectivity index (χ0v) is 10.9. The van der Waals surface area contributed by atoms with Gasteiger partial charge in [0.15, 0.2) is 0 Å². The Balaban J connectivity index is 2.11. The van der Waals surface area contributed by atoms with Crippen LogP contribution in [-0.4, -0.2) is 17.0 Å². The highest BCUT2D eigenvalue weighted by Crippen LogP contribution is 2.18. The predicted molar refractivity (Wildman–Crippen MR) is 74.7 cm³/mol. The average molecular weight is 275 g/mol. The summed E-state index contributed by atoms with van der Waals surface area (Å²) in [5, 5.41) is 15.1. The van der Waals surface area contributed by atoms with Crippen LogP contribution in [0.25, 0.3) is 0 Å². The number of hydrogen-bond donors (Lipinski definition) is 2. The molecule has 4 nitrogen and oxygen atoms in total. The first-order chi connectivity index (χ1) is 9.16. The van der Waals surface area contributed by atoms with E-state index in [4.69, 9.17) is 5.11 Å². The molecule has 2 N–H and O–H groups in total. The van der Waals surface area contributed by atoms with Crippen molar-refractivity contribution in [1.82, 2.24) is 0 Å². The third-order valence-electron chi connectivity index (χ3n) is 2.66. The van der Waals surface area contributed by atoms with Crippen LogP contribution in [0.5, 0.6) is 0 Å².